The van der Waals surface area contributed by atoms with E-state index in [1.807, 2.05) is 18.1 Å². The number of halogens is 1. The van der Waals surface area contributed by atoms with E-state index in [2.05, 4.69) is 15.3 Å². The molecule has 0 fully saturated rings. The Hall–Kier alpha value is -1.01. The maximum Gasteiger partial charge on any atom is 0.239 e. The van der Waals surface area contributed by atoms with E-state index in [-0.39, 0.29) is 12.5 Å². The second kappa shape index (κ2) is 6.66. The molecule has 17 heavy (non-hydrogen) atoms. The SMILES string of the molecule is CCN(CC(=O)NC)c1cc(Cl)nc(SC)n1. The molecule has 1 heterocycles. The van der Waals surface area contributed by atoms with Gasteiger partial charge in [-0.1, -0.05) is 23.4 Å². The van der Waals surface area contributed by atoms with Crippen LogP contribution in [-0.2, 0) is 4.79 Å². The van der Waals surface area contributed by atoms with Crippen LogP contribution in [0.1, 0.15) is 6.92 Å². The molecule has 0 saturated carbocycles. The van der Waals surface area contributed by atoms with Gasteiger partial charge in [0.1, 0.15) is 11.0 Å². The van der Waals surface area contributed by atoms with Crippen LogP contribution in [0.15, 0.2) is 11.2 Å². The number of nitrogens with zero attached hydrogens (tertiary/aromatic N) is 3. The smallest absolute Gasteiger partial charge is 0.239 e. The molecule has 0 bridgehead atoms. The summed E-state index contributed by atoms with van der Waals surface area (Å²) < 4.78 is 0. The van der Waals surface area contributed by atoms with Crippen LogP contribution in [0.25, 0.3) is 0 Å². The molecular formula is C10H15ClN4OS. The lowest BCUT2D eigenvalue weighted by Gasteiger charge is -2.21. The average Bonchev–Trinajstić information content (AvgIpc) is 2.34. The van der Waals surface area contributed by atoms with Crippen molar-refractivity contribution in [3.05, 3.63) is 11.2 Å². The lowest BCUT2D eigenvalue weighted by Crippen LogP contribution is -2.36. The fraction of sp³-hybridized carbons (Fsp3) is 0.500. The molecule has 1 rings (SSSR count). The van der Waals surface area contributed by atoms with Gasteiger partial charge in [-0.15, -0.1) is 0 Å². The van der Waals surface area contributed by atoms with Gasteiger partial charge in [0.15, 0.2) is 5.16 Å². The third-order valence-corrected chi connectivity index (χ3v) is 2.90. The van der Waals surface area contributed by atoms with Gasteiger partial charge in [0.2, 0.25) is 5.91 Å². The average molecular weight is 275 g/mol. The summed E-state index contributed by atoms with van der Waals surface area (Å²) in [5.41, 5.74) is 0. The second-order valence-electron chi connectivity index (χ2n) is 3.22. The molecular weight excluding hydrogens is 260 g/mol. The number of thioether (sulfide) groups is 1. The van der Waals surface area contributed by atoms with E-state index in [9.17, 15) is 4.79 Å². The van der Waals surface area contributed by atoms with Gasteiger partial charge in [0.25, 0.3) is 0 Å². The van der Waals surface area contributed by atoms with E-state index in [4.69, 9.17) is 11.6 Å². The third kappa shape index (κ3) is 4.05. The van der Waals surface area contributed by atoms with E-state index < -0.39 is 0 Å². The zero-order valence-corrected chi connectivity index (χ0v) is 11.6. The van der Waals surface area contributed by atoms with E-state index in [1.54, 1.807) is 13.1 Å². The quantitative estimate of drug-likeness (QED) is 0.500. The Labute approximate surface area is 110 Å². The number of aromatic nitrogens is 2. The van der Waals surface area contributed by atoms with E-state index in [1.165, 1.54) is 11.8 Å². The molecule has 0 spiro atoms. The van der Waals surface area contributed by atoms with Gasteiger partial charge in [-0.3, -0.25) is 4.79 Å². The summed E-state index contributed by atoms with van der Waals surface area (Å²) in [6.45, 7) is 2.89. The summed E-state index contributed by atoms with van der Waals surface area (Å²) in [4.78, 5) is 21.6. The molecule has 0 aliphatic heterocycles. The van der Waals surface area contributed by atoms with Crippen LogP contribution >= 0.6 is 23.4 Å². The van der Waals surface area contributed by atoms with Gasteiger partial charge >= 0.3 is 0 Å². The number of anilines is 1. The van der Waals surface area contributed by atoms with Crippen molar-refractivity contribution in [2.24, 2.45) is 0 Å². The molecule has 1 N–H and O–H groups in total. The number of hydrogen-bond donors (Lipinski definition) is 1. The van der Waals surface area contributed by atoms with Gasteiger partial charge < -0.3 is 10.2 Å². The Morgan fingerprint density at radius 1 is 1.59 bits per heavy atom. The molecule has 94 valence electrons. The predicted octanol–water partition coefficient (Wildman–Crippen LogP) is 1.42. The molecule has 0 saturated heterocycles. The van der Waals surface area contributed by atoms with Gasteiger partial charge in [-0.05, 0) is 13.2 Å². The van der Waals surface area contributed by atoms with Gasteiger partial charge in [-0.2, -0.15) is 0 Å². The summed E-state index contributed by atoms with van der Waals surface area (Å²) in [6.07, 6.45) is 1.88. The first-order valence-electron chi connectivity index (χ1n) is 5.14. The van der Waals surface area contributed by atoms with Gasteiger partial charge in [0, 0.05) is 19.7 Å². The molecule has 0 aromatic carbocycles. The van der Waals surface area contributed by atoms with E-state index >= 15 is 0 Å². The van der Waals surface area contributed by atoms with Crippen LogP contribution < -0.4 is 10.2 Å². The highest BCUT2D eigenvalue weighted by atomic mass is 35.5. The fourth-order valence-corrected chi connectivity index (χ4v) is 1.85. The molecule has 1 aromatic rings. The van der Waals surface area contributed by atoms with Crippen LogP contribution in [0, 0.1) is 0 Å². The summed E-state index contributed by atoms with van der Waals surface area (Å²) >= 11 is 7.32. The van der Waals surface area contributed by atoms with Crippen molar-refractivity contribution in [3.8, 4) is 0 Å². The second-order valence-corrected chi connectivity index (χ2v) is 4.38. The summed E-state index contributed by atoms with van der Waals surface area (Å²) in [6, 6.07) is 1.66. The maximum atomic E-state index is 11.4. The van der Waals surface area contributed by atoms with E-state index in [0.717, 1.165) is 0 Å². The highest BCUT2D eigenvalue weighted by molar-refractivity contribution is 7.98. The highest BCUT2D eigenvalue weighted by Crippen LogP contribution is 2.20. The van der Waals surface area contributed by atoms with Gasteiger partial charge in [0.05, 0.1) is 6.54 Å². The molecule has 0 aliphatic carbocycles. The molecule has 1 aromatic heterocycles. The van der Waals surface area contributed by atoms with Crippen LogP contribution in [0.5, 0.6) is 0 Å². The minimum Gasteiger partial charge on any atom is -0.358 e. The van der Waals surface area contributed by atoms with Crippen LogP contribution in [0.3, 0.4) is 0 Å². The number of nitrogens with one attached hydrogen (secondary N) is 1. The molecule has 0 radical (unpaired) electrons. The van der Waals surface area contributed by atoms with Crippen LogP contribution in [0.4, 0.5) is 5.82 Å². The van der Waals surface area contributed by atoms with Crippen molar-refractivity contribution in [1.29, 1.82) is 0 Å². The highest BCUT2D eigenvalue weighted by Gasteiger charge is 2.12. The molecule has 1 amide bonds. The predicted molar refractivity (Wildman–Crippen MR) is 70.8 cm³/mol. The number of rotatable bonds is 5. The summed E-state index contributed by atoms with van der Waals surface area (Å²) in [5, 5.41) is 3.56. The normalized spacial score (nSPS) is 10.1. The number of likely N-dealkylation sites (N-methyl/N-ethyl adjacent to an activating group) is 2. The fourth-order valence-electron chi connectivity index (χ4n) is 1.25. The van der Waals surface area contributed by atoms with Crippen LogP contribution in [0.2, 0.25) is 5.15 Å². The number of amides is 1. The lowest BCUT2D eigenvalue weighted by molar-refractivity contribution is -0.119. The number of carbonyl (C=O) groups is 1. The van der Waals surface area contributed by atoms with Crippen molar-refractivity contribution in [1.82, 2.24) is 15.3 Å². The monoisotopic (exact) mass is 274 g/mol. The molecule has 7 heteroatoms. The minimum absolute atomic E-state index is 0.0627. The lowest BCUT2D eigenvalue weighted by atomic mass is 10.4. The molecule has 5 nitrogen and oxygen atoms in total. The van der Waals surface area contributed by atoms with Gasteiger partial charge in [-0.25, -0.2) is 9.97 Å². The Kier molecular flexibility index (Phi) is 5.50. The standard InChI is InChI=1S/C10H15ClN4OS/c1-4-15(6-9(16)12-2)8-5-7(11)13-10(14-8)17-3/h5H,4,6H2,1-3H3,(H,12,16). The maximum absolute atomic E-state index is 11.4. The zero-order chi connectivity index (χ0) is 12.8. The summed E-state index contributed by atoms with van der Waals surface area (Å²) in [5.74, 6) is 0.604. The number of hydrogen-bond acceptors (Lipinski definition) is 5. The van der Waals surface area contributed by atoms with Crippen molar-refractivity contribution >= 4 is 35.1 Å². The zero-order valence-electron chi connectivity index (χ0n) is 10.0. The largest absolute Gasteiger partial charge is 0.358 e. The van der Waals surface area contributed by atoms with Crippen molar-refractivity contribution in [3.63, 3.8) is 0 Å². The third-order valence-electron chi connectivity index (χ3n) is 2.16. The Bertz CT molecular complexity index is 402. The molecule has 0 unspecified atom stereocenters. The Morgan fingerprint density at radius 3 is 2.82 bits per heavy atom. The first-order valence-corrected chi connectivity index (χ1v) is 6.75. The Balaban J connectivity index is 2.94. The van der Waals surface area contributed by atoms with Crippen molar-refractivity contribution in [2.75, 3.05) is 31.3 Å². The Morgan fingerprint density at radius 2 is 2.29 bits per heavy atom. The summed E-state index contributed by atoms with van der Waals surface area (Å²) in [7, 11) is 1.61. The topological polar surface area (TPSA) is 58.1 Å². The van der Waals surface area contributed by atoms with Crippen molar-refractivity contribution < 1.29 is 4.79 Å². The minimum atomic E-state index is -0.0627. The first-order chi connectivity index (χ1) is 8.10. The molecule has 0 aliphatic rings. The number of carbonyl (C=O) groups excluding carboxylic acids is 1. The van der Waals surface area contributed by atoms with E-state index in [0.29, 0.717) is 22.7 Å². The van der Waals surface area contributed by atoms with Crippen molar-refractivity contribution in [2.45, 2.75) is 12.1 Å². The van der Waals surface area contributed by atoms with Crippen LogP contribution in [-0.4, -0.2) is 42.3 Å². The molecule has 0 atom stereocenters. The first kappa shape index (κ1) is 14.1.